The molecule has 2 unspecified atom stereocenters. The van der Waals surface area contributed by atoms with Gasteiger partial charge in [-0.15, -0.1) is 0 Å². The summed E-state index contributed by atoms with van der Waals surface area (Å²) in [7, 11) is 1.20. The molecule has 1 aliphatic rings. The highest BCUT2D eigenvalue weighted by atomic mass is 32.1. The van der Waals surface area contributed by atoms with E-state index in [0.717, 1.165) is 17.4 Å². The Morgan fingerprint density at radius 2 is 2.30 bits per heavy atom. The van der Waals surface area contributed by atoms with Crippen LogP contribution in [-0.2, 0) is 9.53 Å². The highest BCUT2D eigenvalue weighted by Gasteiger charge is 2.40. The molecular formula is C11H12N2O6S. The van der Waals surface area contributed by atoms with E-state index < -0.39 is 28.9 Å². The van der Waals surface area contributed by atoms with Crippen LogP contribution in [0.15, 0.2) is 11.4 Å². The summed E-state index contributed by atoms with van der Waals surface area (Å²) in [6.07, 6.45) is -0.707. The number of esters is 1. The number of aliphatic hydroxyl groups excluding tert-OH is 1. The fraction of sp³-hybridized carbons (Fsp3) is 0.455. The average molecular weight is 300 g/mol. The van der Waals surface area contributed by atoms with E-state index in [1.165, 1.54) is 17.4 Å². The third kappa shape index (κ3) is 2.63. The number of likely N-dealkylation sites (tertiary alicyclic amines) is 1. The molecule has 0 aliphatic carbocycles. The van der Waals surface area contributed by atoms with Crippen LogP contribution in [0.25, 0.3) is 0 Å². The van der Waals surface area contributed by atoms with Crippen LogP contribution in [0, 0.1) is 10.1 Å². The first-order valence-corrected chi connectivity index (χ1v) is 6.61. The maximum atomic E-state index is 12.3. The van der Waals surface area contributed by atoms with Gasteiger partial charge < -0.3 is 14.7 Å². The van der Waals surface area contributed by atoms with E-state index in [1.807, 2.05) is 0 Å². The molecule has 2 heterocycles. The number of amides is 1. The number of thiophene rings is 1. The summed E-state index contributed by atoms with van der Waals surface area (Å²) in [4.78, 5) is 35.0. The van der Waals surface area contributed by atoms with Crippen LogP contribution in [0.3, 0.4) is 0 Å². The van der Waals surface area contributed by atoms with Gasteiger partial charge >= 0.3 is 11.0 Å². The van der Waals surface area contributed by atoms with Gasteiger partial charge in [-0.1, -0.05) is 11.3 Å². The minimum Gasteiger partial charge on any atom is -0.467 e. The van der Waals surface area contributed by atoms with Crippen LogP contribution in [0.5, 0.6) is 0 Å². The lowest BCUT2D eigenvalue weighted by Crippen LogP contribution is -2.41. The molecule has 1 saturated heterocycles. The van der Waals surface area contributed by atoms with Gasteiger partial charge in [0, 0.05) is 24.4 Å². The van der Waals surface area contributed by atoms with E-state index in [9.17, 15) is 24.8 Å². The summed E-state index contributed by atoms with van der Waals surface area (Å²) >= 11 is 0.836. The van der Waals surface area contributed by atoms with Crippen molar-refractivity contribution in [1.82, 2.24) is 4.90 Å². The Balaban J connectivity index is 2.21. The van der Waals surface area contributed by atoms with Crippen LogP contribution in [0.2, 0.25) is 0 Å². The van der Waals surface area contributed by atoms with Crippen molar-refractivity contribution in [1.29, 1.82) is 0 Å². The topological polar surface area (TPSA) is 110 Å². The molecule has 20 heavy (non-hydrogen) atoms. The summed E-state index contributed by atoms with van der Waals surface area (Å²) in [5.41, 5.74) is 0.129. The van der Waals surface area contributed by atoms with Crippen LogP contribution >= 0.6 is 11.3 Å². The third-order valence-electron chi connectivity index (χ3n) is 3.03. The number of rotatable bonds is 3. The third-order valence-corrected chi connectivity index (χ3v) is 3.91. The van der Waals surface area contributed by atoms with Crippen LogP contribution in [0.4, 0.5) is 5.00 Å². The minimum atomic E-state index is -0.860. The van der Waals surface area contributed by atoms with Gasteiger partial charge in [0.15, 0.2) is 0 Å². The van der Waals surface area contributed by atoms with Crippen molar-refractivity contribution in [3.8, 4) is 0 Å². The molecule has 108 valence electrons. The van der Waals surface area contributed by atoms with Gasteiger partial charge in [0.25, 0.3) is 5.91 Å². The average Bonchev–Trinajstić information content (AvgIpc) is 3.03. The number of nitro groups is 1. The van der Waals surface area contributed by atoms with Crippen molar-refractivity contribution in [3.63, 3.8) is 0 Å². The van der Waals surface area contributed by atoms with Gasteiger partial charge in [-0.25, -0.2) is 4.79 Å². The Morgan fingerprint density at radius 1 is 1.60 bits per heavy atom. The summed E-state index contributed by atoms with van der Waals surface area (Å²) in [6.45, 7) is 0.00223. The van der Waals surface area contributed by atoms with E-state index in [2.05, 4.69) is 4.74 Å². The molecule has 8 nitrogen and oxygen atoms in total. The molecule has 0 bridgehead atoms. The van der Waals surface area contributed by atoms with Gasteiger partial charge in [0.2, 0.25) is 0 Å². The Labute approximate surface area is 117 Å². The quantitative estimate of drug-likeness (QED) is 0.491. The lowest BCUT2D eigenvalue weighted by molar-refractivity contribution is -0.380. The largest absolute Gasteiger partial charge is 0.467 e. The summed E-state index contributed by atoms with van der Waals surface area (Å²) in [5.74, 6) is -1.14. The van der Waals surface area contributed by atoms with E-state index in [4.69, 9.17) is 0 Å². The number of aliphatic hydroxyl groups is 1. The van der Waals surface area contributed by atoms with Crippen molar-refractivity contribution >= 4 is 28.2 Å². The first-order valence-electron chi connectivity index (χ1n) is 5.73. The SMILES string of the molecule is COC(=O)C1CC(O)CN1C(=O)c1csc([N+](=O)[O-])c1. The standard InChI is InChI=1S/C11H12N2O6S/c1-19-11(16)8-3-7(14)4-12(8)10(15)6-2-9(13(17)18)20-5-6/h2,5,7-8,14H,3-4H2,1H3. The molecule has 0 spiro atoms. The van der Waals surface area contributed by atoms with Crippen molar-refractivity contribution in [3.05, 3.63) is 27.1 Å². The number of β-amino-alcohol motifs (C(OH)–C–C–N with tert-alkyl or cyclic N) is 1. The fourth-order valence-electron chi connectivity index (χ4n) is 2.10. The summed E-state index contributed by atoms with van der Waals surface area (Å²) in [5, 5.41) is 21.4. The predicted octanol–water partition coefficient (Wildman–Crippen LogP) is 0.405. The fourth-order valence-corrected chi connectivity index (χ4v) is 2.79. The van der Waals surface area contributed by atoms with E-state index in [1.54, 1.807) is 0 Å². The lowest BCUT2D eigenvalue weighted by Gasteiger charge is -2.21. The number of carbonyl (C=O) groups is 2. The first-order chi connectivity index (χ1) is 9.43. The Morgan fingerprint density at radius 3 is 2.85 bits per heavy atom. The first kappa shape index (κ1) is 14.4. The van der Waals surface area contributed by atoms with Crippen LogP contribution < -0.4 is 0 Å². The molecule has 1 aromatic rings. The molecule has 1 amide bonds. The van der Waals surface area contributed by atoms with Crippen LogP contribution in [-0.4, -0.2) is 52.6 Å². The number of methoxy groups -OCH3 is 1. The van der Waals surface area contributed by atoms with Crippen molar-refractivity contribution in [2.75, 3.05) is 13.7 Å². The molecule has 0 saturated carbocycles. The monoisotopic (exact) mass is 300 g/mol. The zero-order valence-corrected chi connectivity index (χ0v) is 11.3. The molecule has 1 aliphatic heterocycles. The smallest absolute Gasteiger partial charge is 0.328 e. The second kappa shape index (κ2) is 5.55. The number of carbonyl (C=O) groups excluding carboxylic acids is 2. The Kier molecular flexibility index (Phi) is 4.00. The maximum Gasteiger partial charge on any atom is 0.328 e. The zero-order valence-electron chi connectivity index (χ0n) is 10.5. The molecule has 1 N–H and O–H groups in total. The molecule has 0 aromatic carbocycles. The van der Waals surface area contributed by atoms with Gasteiger partial charge in [-0.05, 0) is 0 Å². The van der Waals surface area contributed by atoms with E-state index in [0.29, 0.717) is 0 Å². The normalized spacial score (nSPS) is 21.8. The molecule has 2 rings (SSSR count). The van der Waals surface area contributed by atoms with Gasteiger partial charge in [0.05, 0.1) is 23.7 Å². The van der Waals surface area contributed by atoms with E-state index in [-0.39, 0.29) is 23.5 Å². The molecule has 2 atom stereocenters. The minimum absolute atomic E-state index is 0.00223. The van der Waals surface area contributed by atoms with Crippen molar-refractivity contribution in [2.45, 2.75) is 18.6 Å². The second-order valence-corrected chi connectivity index (χ2v) is 5.21. The molecule has 1 fully saturated rings. The zero-order chi connectivity index (χ0) is 14.9. The number of hydrogen-bond acceptors (Lipinski definition) is 7. The Hall–Kier alpha value is -2.00. The predicted molar refractivity (Wildman–Crippen MR) is 68.4 cm³/mol. The van der Waals surface area contributed by atoms with Crippen LogP contribution in [0.1, 0.15) is 16.8 Å². The summed E-state index contributed by atoms with van der Waals surface area (Å²) in [6, 6.07) is 0.299. The maximum absolute atomic E-state index is 12.3. The number of hydrogen-bond donors (Lipinski definition) is 1. The van der Waals surface area contributed by atoms with Crippen molar-refractivity contribution < 1.29 is 24.4 Å². The lowest BCUT2D eigenvalue weighted by atomic mass is 10.2. The van der Waals surface area contributed by atoms with Crippen molar-refractivity contribution in [2.24, 2.45) is 0 Å². The highest BCUT2D eigenvalue weighted by Crippen LogP contribution is 2.27. The summed E-state index contributed by atoms with van der Waals surface area (Å²) < 4.78 is 4.59. The van der Waals surface area contributed by atoms with Gasteiger partial charge in [-0.2, -0.15) is 0 Å². The second-order valence-electron chi connectivity index (χ2n) is 4.32. The Bertz CT molecular complexity index is 557. The highest BCUT2D eigenvalue weighted by molar-refractivity contribution is 7.13. The molecule has 1 aromatic heterocycles. The molecule has 0 radical (unpaired) electrons. The van der Waals surface area contributed by atoms with E-state index >= 15 is 0 Å². The number of ether oxygens (including phenoxy) is 1. The van der Waals surface area contributed by atoms with Gasteiger partial charge in [0.1, 0.15) is 6.04 Å². The number of nitrogens with zero attached hydrogens (tertiary/aromatic N) is 2. The molecule has 9 heteroatoms. The van der Waals surface area contributed by atoms with Gasteiger partial charge in [-0.3, -0.25) is 14.9 Å². The molecular weight excluding hydrogens is 288 g/mol.